The van der Waals surface area contributed by atoms with E-state index in [1.54, 1.807) is 24.3 Å². The maximum Gasteiger partial charge on any atom is 0.257 e. The van der Waals surface area contributed by atoms with E-state index in [4.69, 9.17) is 0 Å². The van der Waals surface area contributed by atoms with Gasteiger partial charge in [0.1, 0.15) is 0 Å². The van der Waals surface area contributed by atoms with Gasteiger partial charge in [-0.15, -0.1) is 0 Å². The number of nitrogens with zero attached hydrogens (tertiary/aromatic N) is 5. The molecular weight excluding hydrogens is 328 g/mol. The number of hydrogen-bond donors (Lipinski definition) is 1. The molecule has 0 spiro atoms. The fraction of sp³-hybridized carbons (Fsp3) is 0.263. The summed E-state index contributed by atoms with van der Waals surface area (Å²) in [7, 11) is 3.67. The molecule has 3 rings (SSSR count). The monoisotopic (exact) mass is 350 g/mol. The lowest BCUT2D eigenvalue weighted by Crippen LogP contribution is -2.27. The number of rotatable bonds is 5. The van der Waals surface area contributed by atoms with Crippen molar-refractivity contribution < 1.29 is 4.79 Å². The quantitative estimate of drug-likeness (QED) is 0.766. The first-order valence-corrected chi connectivity index (χ1v) is 8.34. The zero-order valence-corrected chi connectivity index (χ0v) is 15.4. The van der Waals surface area contributed by atoms with Crippen LogP contribution in [0.4, 0.5) is 11.6 Å². The van der Waals surface area contributed by atoms with Crippen LogP contribution in [-0.4, -0.2) is 37.6 Å². The highest BCUT2D eigenvalue weighted by Gasteiger charge is 2.17. The zero-order valence-electron chi connectivity index (χ0n) is 15.4. The van der Waals surface area contributed by atoms with E-state index >= 15 is 0 Å². The Kier molecular flexibility index (Phi) is 4.97. The van der Waals surface area contributed by atoms with Crippen LogP contribution >= 0.6 is 0 Å². The number of amides is 1. The Balaban J connectivity index is 1.69. The van der Waals surface area contributed by atoms with Gasteiger partial charge in [0.25, 0.3) is 5.91 Å². The highest BCUT2D eigenvalue weighted by atomic mass is 16.2. The van der Waals surface area contributed by atoms with Gasteiger partial charge in [0, 0.05) is 50.0 Å². The maximum atomic E-state index is 12.6. The average Bonchev–Trinajstić information content (AvgIpc) is 2.88. The van der Waals surface area contributed by atoms with Crippen LogP contribution in [0.25, 0.3) is 0 Å². The van der Waals surface area contributed by atoms with Gasteiger partial charge in [0.05, 0.1) is 11.3 Å². The van der Waals surface area contributed by atoms with Crippen LogP contribution in [-0.2, 0) is 13.6 Å². The molecule has 0 saturated carbocycles. The number of para-hydroxylation sites is 1. The Morgan fingerprint density at radius 1 is 1.15 bits per heavy atom. The molecule has 2 aromatic heterocycles. The van der Waals surface area contributed by atoms with Crippen LogP contribution in [0.1, 0.15) is 27.3 Å². The second-order valence-electron chi connectivity index (χ2n) is 6.22. The number of hydrogen-bond acceptors (Lipinski definition) is 5. The molecule has 0 aliphatic rings. The lowest BCUT2D eigenvalue weighted by molar-refractivity contribution is 0.0784. The van der Waals surface area contributed by atoms with Crippen LogP contribution < -0.4 is 5.32 Å². The molecule has 1 amide bonds. The molecule has 0 aliphatic heterocycles. The summed E-state index contributed by atoms with van der Waals surface area (Å²) < 4.78 is 1.83. The van der Waals surface area contributed by atoms with Gasteiger partial charge >= 0.3 is 0 Å². The minimum absolute atomic E-state index is 0.126. The van der Waals surface area contributed by atoms with Crippen LogP contribution in [0.2, 0.25) is 0 Å². The lowest BCUT2D eigenvalue weighted by atomic mass is 10.2. The number of aryl methyl sites for hydroxylation is 2. The summed E-state index contributed by atoms with van der Waals surface area (Å²) in [5.74, 6) is 0.327. The summed E-state index contributed by atoms with van der Waals surface area (Å²) in [6.45, 7) is 4.45. The molecule has 0 bridgehead atoms. The van der Waals surface area contributed by atoms with E-state index in [-0.39, 0.29) is 5.91 Å². The summed E-state index contributed by atoms with van der Waals surface area (Å²) in [5, 5.41) is 7.49. The molecule has 26 heavy (non-hydrogen) atoms. The van der Waals surface area contributed by atoms with E-state index in [0.717, 1.165) is 22.6 Å². The standard InChI is InChI=1S/C19H22N6O/c1-13-17(14(2)25(4)23-13)12-24(3)18(26)15-10-20-19(21-11-15)22-16-8-6-5-7-9-16/h5-11H,12H2,1-4H3,(H,20,21,22). The van der Waals surface area contributed by atoms with Crippen LogP contribution in [0.3, 0.4) is 0 Å². The number of benzene rings is 1. The van der Waals surface area contributed by atoms with Crippen molar-refractivity contribution in [3.05, 3.63) is 65.2 Å². The highest BCUT2D eigenvalue weighted by molar-refractivity contribution is 5.93. The predicted molar refractivity (Wildman–Crippen MR) is 100 cm³/mol. The molecule has 7 heteroatoms. The summed E-state index contributed by atoms with van der Waals surface area (Å²) in [4.78, 5) is 22.8. The first kappa shape index (κ1) is 17.6. The number of aromatic nitrogens is 4. The Labute approximate surface area is 152 Å². The fourth-order valence-corrected chi connectivity index (χ4v) is 2.73. The Hall–Kier alpha value is -3.22. The van der Waals surface area contributed by atoms with Crippen molar-refractivity contribution in [2.24, 2.45) is 7.05 Å². The van der Waals surface area contributed by atoms with Gasteiger partial charge in [-0.25, -0.2) is 9.97 Å². The SMILES string of the molecule is Cc1nn(C)c(C)c1CN(C)C(=O)c1cnc(Nc2ccccc2)nc1. The molecule has 1 N–H and O–H groups in total. The average molecular weight is 350 g/mol. The van der Waals surface area contributed by atoms with Crippen LogP contribution in [0.15, 0.2) is 42.7 Å². The number of carbonyl (C=O) groups excluding carboxylic acids is 1. The van der Waals surface area contributed by atoms with Crippen molar-refractivity contribution in [1.82, 2.24) is 24.6 Å². The summed E-state index contributed by atoms with van der Waals surface area (Å²) in [5.41, 5.74) is 4.40. The van der Waals surface area contributed by atoms with Crippen molar-refractivity contribution in [1.29, 1.82) is 0 Å². The lowest BCUT2D eigenvalue weighted by Gasteiger charge is -2.17. The Bertz CT molecular complexity index is 902. The minimum Gasteiger partial charge on any atom is -0.337 e. The molecule has 0 unspecified atom stereocenters. The van der Waals surface area contributed by atoms with Crippen molar-refractivity contribution in [3.63, 3.8) is 0 Å². The third kappa shape index (κ3) is 3.72. The molecule has 0 saturated heterocycles. The predicted octanol–water partition coefficient (Wildman–Crippen LogP) is 2.84. The van der Waals surface area contributed by atoms with Gasteiger partial charge in [-0.1, -0.05) is 18.2 Å². The molecule has 7 nitrogen and oxygen atoms in total. The summed E-state index contributed by atoms with van der Waals surface area (Å²) >= 11 is 0. The molecule has 1 aromatic carbocycles. The molecule has 3 aromatic rings. The molecule has 0 radical (unpaired) electrons. The van der Waals surface area contributed by atoms with E-state index in [2.05, 4.69) is 20.4 Å². The number of nitrogens with one attached hydrogen (secondary N) is 1. The molecule has 0 fully saturated rings. The molecule has 2 heterocycles. The highest BCUT2D eigenvalue weighted by Crippen LogP contribution is 2.16. The first-order chi connectivity index (χ1) is 12.5. The van der Waals surface area contributed by atoms with Gasteiger partial charge in [-0.05, 0) is 26.0 Å². The Morgan fingerprint density at radius 2 is 1.81 bits per heavy atom. The molecule has 134 valence electrons. The van der Waals surface area contributed by atoms with Gasteiger partial charge in [0.2, 0.25) is 5.95 Å². The van der Waals surface area contributed by atoms with E-state index in [0.29, 0.717) is 18.1 Å². The maximum absolute atomic E-state index is 12.6. The van der Waals surface area contributed by atoms with Crippen molar-refractivity contribution in [2.75, 3.05) is 12.4 Å². The van der Waals surface area contributed by atoms with Gasteiger partial charge < -0.3 is 10.2 Å². The molecule has 0 aliphatic carbocycles. The fourth-order valence-electron chi connectivity index (χ4n) is 2.73. The van der Waals surface area contributed by atoms with Crippen LogP contribution in [0, 0.1) is 13.8 Å². The van der Waals surface area contributed by atoms with Crippen molar-refractivity contribution in [3.8, 4) is 0 Å². The smallest absolute Gasteiger partial charge is 0.257 e. The van der Waals surface area contributed by atoms with E-state index in [1.807, 2.05) is 55.9 Å². The number of carbonyl (C=O) groups is 1. The van der Waals surface area contributed by atoms with Gasteiger partial charge in [-0.3, -0.25) is 9.48 Å². The summed E-state index contributed by atoms with van der Waals surface area (Å²) in [6.07, 6.45) is 3.08. The molecular formula is C19H22N6O. The third-order valence-electron chi connectivity index (χ3n) is 4.33. The molecule has 0 atom stereocenters. The largest absolute Gasteiger partial charge is 0.337 e. The van der Waals surface area contributed by atoms with Crippen molar-refractivity contribution >= 4 is 17.5 Å². The van der Waals surface area contributed by atoms with E-state index in [1.165, 1.54) is 0 Å². The second-order valence-corrected chi connectivity index (χ2v) is 6.22. The van der Waals surface area contributed by atoms with Gasteiger partial charge in [0.15, 0.2) is 0 Å². The van der Waals surface area contributed by atoms with E-state index in [9.17, 15) is 4.79 Å². The zero-order chi connectivity index (χ0) is 18.7. The number of anilines is 2. The Morgan fingerprint density at radius 3 is 2.38 bits per heavy atom. The minimum atomic E-state index is -0.126. The third-order valence-corrected chi connectivity index (χ3v) is 4.33. The van der Waals surface area contributed by atoms with E-state index < -0.39 is 0 Å². The second kappa shape index (κ2) is 7.35. The normalized spacial score (nSPS) is 10.6. The topological polar surface area (TPSA) is 75.9 Å². The summed E-state index contributed by atoms with van der Waals surface area (Å²) in [6, 6.07) is 9.65. The van der Waals surface area contributed by atoms with Crippen molar-refractivity contribution in [2.45, 2.75) is 20.4 Å². The van der Waals surface area contributed by atoms with Gasteiger partial charge in [-0.2, -0.15) is 5.10 Å². The first-order valence-electron chi connectivity index (χ1n) is 8.34. The van der Waals surface area contributed by atoms with Crippen LogP contribution in [0.5, 0.6) is 0 Å².